The zero-order valence-corrected chi connectivity index (χ0v) is 15.7. The number of rotatable bonds is 7. The molecular weight excluding hydrogens is 354 g/mol. The summed E-state index contributed by atoms with van der Waals surface area (Å²) in [6.07, 6.45) is 0. The summed E-state index contributed by atoms with van der Waals surface area (Å²) in [5.74, 6) is -1.60. The van der Waals surface area contributed by atoms with Crippen molar-refractivity contribution in [3.05, 3.63) is 65.2 Å². The molecule has 0 amide bonds. The fourth-order valence-electron chi connectivity index (χ4n) is 2.34. The van der Waals surface area contributed by atoms with Crippen molar-refractivity contribution in [1.29, 1.82) is 0 Å². The Morgan fingerprint density at radius 3 is 2.27 bits per heavy atom. The van der Waals surface area contributed by atoms with Crippen molar-refractivity contribution in [3.8, 4) is 0 Å². The van der Waals surface area contributed by atoms with Gasteiger partial charge in [-0.05, 0) is 39.0 Å². The molecular formula is C19H21NO5S. The number of benzene rings is 2. The number of ether oxygens (including phenoxy) is 1. The molecule has 2 rings (SSSR count). The van der Waals surface area contributed by atoms with Crippen molar-refractivity contribution < 1.29 is 22.7 Å². The average molecular weight is 375 g/mol. The summed E-state index contributed by atoms with van der Waals surface area (Å²) in [6.45, 7) is 5.24. The summed E-state index contributed by atoms with van der Waals surface area (Å²) in [5, 5.41) is 0. The summed E-state index contributed by atoms with van der Waals surface area (Å²) in [5.41, 5.74) is 1.94. The third-order valence-corrected chi connectivity index (χ3v) is 5.13. The lowest BCUT2D eigenvalue weighted by Crippen LogP contribution is -2.47. The van der Waals surface area contributed by atoms with E-state index in [0.29, 0.717) is 0 Å². The van der Waals surface area contributed by atoms with Gasteiger partial charge in [-0.15, -0.1) is 0 Å². The van der Waals surface area contributed by atoms with Crippen molar-refractivity contribution in [3.63, 3.8) is 0 Å². The molecule has 1 atom stereocenters. The van der Waals surface area contributed by atoms with E-state index < -0.39 is 27.8 Å². The number of Topliss-reactive ketones (excluding diaryl/α,β-unsaturated/α-hetero) is 1. The van der Waals surface area contributed by atoms with E-state index in [1.807, 2.05) is 6.92 Å². The number of nitrogens with one attached hydrogen (secondary N) is 1. The van der Waals surface area contributed by atoms with E-state index in [4.69, 9.17) is 4.74 Å². The molecule has 138 valence electrons. The minimum absolute atomic E-state index is 0.0304. The summed E-state index contributed by atoms with van der Waals surface area (Å²) >= 11 is 0. The van der Waals surface area contributed by atoms with Crippen LogP contribution in [-0.4, -0.2) is 32.8 Å². The topological polar surface area (TPSA) is 89.5 Å². The maximum absolute atomic E-state index is 12.7. The van der Waals surface area contributed by atoms with Crippen LogP contribution in [-0.2, 0) is 19.6 Å². The highest BCUT2D eigenvalue weighted by Gasteiger charge is 2.33. The first-order valence-electron chi connectivity index (χ1n) is 8.11. The van der Waals surface area contributed by atoms with Crippen LogP contribution < -0.4 is 4.72 Å². The lowest BCUT2D eigenvalue weighted by Gasteiger charge is -2.17. The highest BCUT2D eigenvalue weighted by Crippen LogP contribution is 2.14. The van der Waals surface area contributed by atoms with Crippen molar-refractivity contribution in [1.82, 2.24) is 4.72 Å². The fraction of sp³-hybridized carbons (Fsp3) is 0.263. The number of esters is 1. The van der Waals surface area contributed by atoms with E-state index in [-0.39, 0.29) is 17.1 Å². The Balaban J connectivity index is 2.37. The van der Waals surface area contributed by atoms with Crippen molar-refractivity contribution in [2.45, 2.75) is 31.7 Å². The van der Waals surface area contributed by atoms with Crippen LogP contribution in [0, 0.1) is 13.8 Å². The Labute approximate surface area is 153 Å². The van der Waals surface area contributed by atoms with Gasteiger partial charge in [0.15, 0.2) is 11.8 Å². The number of hydrogen-bond donors (Lipinski definition) is 1. The maximum Gasteiger partial charge on any atom is 0.332 e. The van der Waals surface area contributed by atoms with Crippen LogP contribution in [0.4, 0.5) is 0 Å². The third-order valence-electron chi connectivity index (χ3n) is 3.69. The first-order valence-corrected chi connectivity index (χ1v) is 9.59. The Morgan fingerprint density at radius 1 is 1.04 bits per heavy atom. The molecule has 7 heteroatoms. The molecule has 1 unspecified atom stereocenters. The van der Waals surface area contributed by atoms with E-state index in [9.17, 15) is 18.0 Å². The lowest BCUT2D eigenvalue weighted by atomic mass is 10.0. The minimum Gasteiger partial charge on any atom is -0.464 e. The molecule has 6 nitrogen and oxygen atoms in total. The van der Waals surface area contributed by atoms with Crippen molar-refractivity contribution in [2.75, 3.05) is 6.61 Å². The van der Waals surface area contributed by atoms with Gasteiger partial charge < -0.3 is 4.74 Å². The summed E-state index contributed by atoms with van der Waals surface area (Å²) in [7, 11) is -4.07. The van der Waals surface area contributed by atoms with Gasteiger partial charge in [0, 0.05) is 5.56 Å². The second kappa shape index (κ2) is 8.25. The normalized spacial score (nSPS) is 12.4. The van der Waals surface area contributed by atoms with Crippen LogP contribution >= 0.6 is 0 Å². The molecule has 0 radical (unpaired) electrons. The molecule has 1 N–H and O–H groups in total. The standard InChI is InChI=1S/C19H21NO5S/c1-4-25-19(22)17(18(21)15-7-5-6-14(3)12-15)20-26(23,24)16-10-8-13(2)9-11-16/h5-12,17,20H,4H2,1-3H3. The average Bonchev–Trinajstić information content (AvgIpc) is 2.59. The van der Waals surface area contributed by atoms with Gasteiger partial charge in [-0.2, -0.15) is 4.72 Å². The second-order valence-corrected chi connectivity index (χ2v) is 7.57. The van der Waals surface area contributed by atoms with E-state index in [0.717, 1.165) is 11.1 Å². The van der Waals surface area contributed by atoms with Crippen LogP contribution in [0.3, 0.4) is 0 Å². The molecule has 0 aliphatic rings. The lowest BCUT2D eigenvalue weighted by molar-refractivity contribution is -0.143. The van der Waals surface area contributed by atoms with Gasteiger partial charge in [0.1, 0.15) is 0 Å². The van der Waals surface area contributed by atoms with Gasteiger partial charge >= 0.3 is 5.97 Å². The number of carbonyl (C=O) groups is 2. The first-order chi connectivity index (χ1) is 12.2. The smallest absolute Gasteiger partial charge is 0.332 e. The highest BCUT2D eigenvalue weighted by atomic mass is 32.2. The van der Waals surface area contributed by atoms with E-state index in [2.05, 4.69) is 4.72 Å². The molecule has 0 aliphatic carbocycles. The zero-order chi connectivity index (χ0) is 19.3. The monoisotopic (exact) mass is 375 g/mol. The number of sulfonamides is 1. The van der Waals surface area contributed by atoms with E-state index in [1.165, 1.54) is 18.2 Å². The van der Waals surface area contributed by atoms with Crippen LogP contribution in [0.1, 0.15) is 28.4 Å². The number of carbonyl (C=O) groups excluding carboxylic acids is 2. The fourth-order valence-corrected chi connectivity index (χ4v) is 3.48. The van der Waals surface area contributed by atoms with Crippen LogP contribution in [0.15, 0.2) is 53.4 Å². The summed E-state index contributed by atoms with van der Waals surface area (Å²) < 4.78 is 32.3. The molecule has 0 saturated carbocycles. The Morgan fingerprint density at radius 2 is 1.69 bits per heavy atom. The molecule has 0 spiro atoms. The highest BCUT2D eigenvalue weighted by molar-refractivity contribution is 7.89. The van der Waals surface area contributed by atoms with Gasteiger partial charge in [-0.1, -0.05) is 41.5 Å². The summed E-state index contributed by atoms with van der Waals surface area (Å²) in [4.78, 5) is 25.0. The minimum atomic E-state index is -4.07. The first kappa shape index (κ1) is 19.8. The SMILES string of the molecule is CCOC(=O)C(NS(=O)(=O)c1ccc(C)cc1)C(=O)c1cccc(C)c1. The van der Waals surface area contributed by atoms with Gasteiger partial charge in [-0.25, -0.2) is 13.2 Å². The second-order valence-electron chi connectivity index (χ2n) is 5.85. The number of ketones is 1. The van der Waals surface area contributed by atoms with Gasteiger partial charge in [0.2, 0.25) is 10.0 Å². The number of hydrogen-bond acceptors (Lipinski definition) is 5. The molecule has 0 aromatic heterocycles. The van der Waals surface area contributed by atoms with Crippen LogP contribution in [0.25, 0.3) is 0 Å². The maximum atomic E-state index is 12.7. The Hall–Kier alpha value is -2.51. The zero-order valence-electron chi connectivity index (χ0n) is 14.9. The molecule has 26 heavy (non-hydrogen) atoms. The number of aryl methyl sites for hydroxylation is 2. The predicted octanol–water partition coefficient (Wildman–Crippen LogP) is 2.40. The van der Waals surface area contributed by atoms with Crippen molar-refractivity contribution in [2.24, 2.45) is 0 Å². The molecule has 0 aliphatic heterocycles. The molecule has 2 aromatic carbocycles. The molecule has 0 heterocycles. The largest absolute Gasteiger partial charge is 0.464 e. The van der Waals surface area contributed by atoms with Gasteiger partial charge in [-0.3, -0.25) is 4.79 Å². The molecule has 0 fully saturated rings. The van der Waals surface area contributed by atoms with Crippen LogP contribution in [0.2, 0.25) is 0 Å². The quantitative estimate of drug-likeness (QED) is 0.456. The molecule has 0 bridgehead atoms. The van der Waals surface area contributed by atoms with E-state index in [1.54, 1.807) is 44.2 Å². The van der Waals surface area contributed by atoms with Gasteiger partial charge in [0.05, 0.1) is 11.5 Å². The summed E-state index contributed by atoms with van der Waals surface area (Å²) in [6, 6.07) is 11.0. The molecule has 2 aromatic rings. The third kappa shape index (κ3) is 4.77. The van der Waals surface area contributed by atoms with Crippen LogP contribution in [0.5, 0.6) is 0 Å². The Kier molecular flexibility index (Phi) is 6.28. The van der Waals surface area contributed by atoms with E-state index >= 15 is 0 Å². The molecule has 0 saturated heterocycles. The Bertz CT molecular complexity index is 904. The predicted molar refractivity (Wildman–Crippen MR) is 97.4 cm³/mol. The van der Waals surface area contributed by atoms with Gasteiger partial charge in [0.25, 0.3) is 0 Å². The van der Waals surface area contributed by atoms with Crippen molar-refractivity contribution >= 4 is 21.8 Å².